The second kappa shape index (κ2) is 9.17. The molecule has 3 rings (SSSR count). The zero-order valence-corrected chi connectivity index (χ0v) is 15.9. The molecule has 2 saturated heterocycles. The maximum Gasteiger partial charge on any atom is 0.409 e. The Morgan fingerprint density at radius 3 is 2.22 bits per heavy atom. The van der Waals surface area contributed by atoms with Crippen LogP contribution in [0.2, 0.25) is 0 Å². The van der Waals surface area contributed by atoms with E-state index in [1.807, 2.05) is 11.8 Å². The highest BCUT2D eigenvalue weighted by Gasteiger charge is 2.30. The number of benzene rings is 1. The highest BCUT2D eigenvalue weighted by atomic mass is 19.1. The first-order chi connectivity index (χ1) is 13.1. The van der Waals surface area contributed by atoms with Crippen LogP contribution in [-0.2, 0) is 16.0 Å². The van der Waals surface area contributed by atoms with Gasteiger partial charge in [0.25, 0.3) is 0 Å². The quantitative estimate of drug-likeness (QED) is 0.807. The Kier molecular flexibility index (Phi) is 6.66. The zero-order chi connectivity index (χ0) is 19.2. The van der Waals surface area contributed by atoms with Crippen molar-refractivity contribution in [2.75, 3.05) is 45.9 Å². The fraction of sp³-hybridized carbons (Fsp3) is 0.600. The minimum absolute atomic E-state index is 0.0957. The third-order valence-electron chi connectivity index (χ3n) is 5.44. The van der Waals surface area contributed by atoms with Crippen LogP contribution in [0, 0.1) is 5.82 Å². The lowest BCUT2D eigenvalue weighted by Crippen LogP contribution is -2.55. The third-order valence-corrected chi connectivity index (χ3v) is 5.44. The monoisotopic (exact) mass is 377 g/mol. The normalized spacial score (nSPS) is 19.2. The Morgan fingerprint density at radius 2 is 1.63 bits per heavy atom. The lowest BCUT2D eigenvalue weighted by atomic mass is 10.0. The lowest BCUT2D eigenvalue weighted by molar-refractivity contribution is -0.132. The molecule has 7 heteroatoms. The standard InChI is InChI=1S/C20H28FN3O3/c1-2-27-20(26)24-9-7-18(8-10-24)22-11-13-23(14-12-22)19(25)15-16-3-5-17(21)6-4-16/h3-6,18H,2,7-15H2,1H3. The van der Waals surface area contributed by atoms with Crippen molar-refractivity contribution >= 4 is 12.0 Å². The Hall–Kier alpha value is -2.15. The van der Waals surface area contributed by atoms with E-state index in [4.69, 9.17) is 4.74 Å². The average Bonchev–Trinajstić information content (AvgIpc) is 2.70. The van der Waals surface area contributed by atoms with Crippen molar-refractivity contribution in [2.24, 2.45) is 0 Å². The number of ether oxygens (including phenoxy) is 1. The van der Waals surface area contributed by atoms with E-state index < -0.39 is 0 Å². The molecule has 2 heterocycles. The molecule has 0 atom stereocenters. The minimum Gasteiger partial charge on any atom is -0.450 e. The minimum atomic E-state index is -0.284. The van der Waals surface area contributed by atoms with E-state index in [9.17, 15) is 14.0 Å². The molecule has 27 heavy (non-hydrogen) atoms. The SMILES string of the molecule is CCOC(=O)N1CCC(N2CCN(C(=O)Cc3ccc(F)cc3)CC2)CC1. The predicted molar refractivity (Wildman–Crippen MR) is 99.9 cm³/mol. The van der Waals surface area contributed by atoms with Gasteiger partial charge in [-0.05, 0) is 37.5 Å². The molecular formula is C20H28FN3O3. The summed E-state index contributed by atoms with van der Waals surface area (Å²) < 4.78 is 18.0. The third kappa shape index (κ3) is 5.19. The van der Waals surface area contributed by atoms with Crippen molar-refractivity contribution in [1.29, 1.82) is 0 Å². The Labute approximate surface area is 159 Å². The van der Waals surface area contributed by atoms with Crippen LogP contribution in [0.4, 0.5) is 9.18 Å². The highest BCUT2D eigenvalue weighted by molar-refractivity contribution is 5.78. The van der Waals surface area contributed by atoms with Gasteiger partial charge in [-0.1, -0.05) is 12.1 Å². The molecule has 0 bridgehead atoms. The van der Waals surface area contributed by atoms with Gasteiger partial charge in [-0.3, -0.25) is 9.69 Å². The van der Waals surface area contributed by atoms with Crippen LogP contribution in [-0.4, -0.2) is 78.6 Å². The number of carbonyl (C=O) groups is 2. The van der Waals surface area contributed by atoms with Crippen LogP contribution in [0.3, 0.4) is 0 Å². The zero-order valence-electron chi connectivity index (χ0n) is 15.9. The molecule has 0 saturated carbocycles. The van der Waals surface area contributed by atoms with E-state index in [1.165, 1.54) is 12.1 Å². The maximum absolute atomic E-state index is 13.0. The number of likely N-dealkylation sites (tertiary alicyclic amines) is 1. The molecule has 2 fully saturated rings. The summed E-state index contributed by atoms with van der Waals surface area (Å²) in [5.74, 6) is -0.188. The Morgan fingerprint density at radius 1 is 1.00 bits per heavy atom. The molecule has 2 aliphatic heterocycles. The van der Waals surface area contributed by atoms with E-state index in [1.54, 1.807) is 17.0 Å². The first kappa shape index (κ1) is 19.6. The van der Waals surface area contributed by atoms with E-state index in [2.05, 4.69) is 4.90 Å². The van der Waals surface area contributed by atoms with Gasteiger partial charge in [-0.25, -0.2) is 9.18 Å². The molecular weight excluding hydrogens is 349 g/mol. The summed E-state index contributed by atoms with van der Waals surface area (Å²) in [5, 5.41) is 0. The van der Waals surface area contributed by atoms with Gasteiger partial charge in [0.05, 0.1) is 13.0 Å². The van der Waals surface area contributed by atoms with Gasteiger partial charge in [-0.2, -0.15) is 0 Å². The summed E-state index contributed by atoms with van der Waals surface area (Å²) in [7, 11) is 0. The fourth-order valence-corrected chi connectivity index (χ4v) is 3.85. The van der Waals surface area contributed by atoms with E-state index in [0.717, 1.165) is 57.7 Å². The first-order valence-electron chi connectivity index (χ1n) is 9.74. The Balaban J connectivity index is 1.42. The molecule has 6 nitrogen and oxygen atoms in total. The first-order valence-corrected chi connectivity index (χ1v) is 9.74. The largest absolute Gasteiger partial charge is 0.450 e. The van der Waals surface area contributed by atoms with E-state index >= 15 is 0 Å². The summed E-state index contributed by atoms with van der Waals surface area (Å²) in [6.45, 7) is 6.85. The topological polar surface area (TPSA) is 53.1 Å². The second-order valence-electron chi connectivity index (χ2n) is 7.14. The summed E-state index contributed by atoms with van der Waals surface area (Å²) in [4.78, 5) is 30.4. The number of piperidine rings is 1. The molecule has 0 N–H and O–H groups in total. The smallest absolute Gasteiger partial charge is 0.409 e. The molecule has 0 aromatic heterocycles. The average molecular weight is 377 g/mol. The molecule has 0 unspecified atom stereocenters. The summed E-state index contributed by atoms with van der Waals surface area (Å²) >= 11 is 0. The van der Waals surface area contributed by atoms with Crippen molar-refractivity contribution in [1.82, 2.24) is 14.7 Å². The van der Waals surface area contributed by atoms with Crippen LogP contribution < -0.4 is 0 Å². The van der Waals surface area contributed by atoms with Gasteiger partial charge in [-0.15, -0.1) is 0 Å². The van der Waals surface area contributed by atoms with Crippen molar-refractivity contribution in [2.45, 2.75) is 32.2 Å². The molecule has 148 valence electrons. The number of halogens is 1. The molecule has 2 aliphatic rings. The molecule has 1 aromatic carbocycles. The van der Waals surface area contributed by atoms with Crippen LogP contribution in [0.1, 0.15) is 25.3 Å². The number of rotatable bonds is 4. The Bertz CT molecular complexity index is 636. The van der Waals surface area contributed by atoms with Crippen molar-refractivity contribution in [3.63, 3.8) is 0 Å². The van der Waals surface area contributed by atoms with Gasteiger partial charge >= 0.3 is 6.09 Å². The van der Waals surface area contributed by atoms with Crippen LogP contribution in [0.25, 0.3) is 0 Å². The lowest BCUT2D eigenvalue weighted by Gasteiger charge is -2.42. The molecule has 0 aliphatic carbocycles. The van der Waals surface area contributed by atoms with Crippen LogP contribution in [0.5, 0.6) is 0 Å². The number of hydrogen-bond acceptors (Lipinski definition) is 4. The summed E-state index contributed by atoms with van der Waals surface area (Å²) in [6.07, 6.45) is 2.00. The van der Waals surface area contributed by atoms with Crippen molar-refractivity contribution < 1.29 is 18.7 Å². The number of carbonyl (C=O) groups excluding carboxylic acids is 2. The van der Waals surface area contributed by atoms with Crippen molar-refractivity contribution in [3.8, 4) is 0 Å². The fourth-order valence-electron chi connectivity index (χ4n) is 3.85. The number of amides is 2. The van der Waals surface area contributed by atoms with E-state index in [0.29, 0.717) is 19.1 Å². The van der Waals surface area contributed by atoms with Crippen LogP contribution in [0.15, 0.2) is 24.3 Å². The molecule has 0 spiro atoms. The predicted octanol–water partition coefficient (Wildman–Crippen LogP) is 2.13. The number of nitrogens with zero attached hydrogens (tertiary/aromatic N) is 3. The van der Waals surface area contributed by atoms with Crippen molar-refractivity contribution in [3.05, 3.63) is 35.6 Å². The number of piperazine rings is 1. The van der Waals surface area contributed by atoms with Gasteiger partial charge < -0.3 is 14.5 Å². The molecule has 1 aromatic rings. The second-order valence-corrected chi connectivity index (χ2v) is 7.14. The van der Waals surface area contributed by atoms with Gasteiger partial charge in [0, 0.05) is 45.3 Å². The number of hydrogen-bond donors (Lipinski definition) is 0. The summed E-state index contributed by atoms with van der Waals surface area (Å²) in [5.41, 5.74) is 0.843. The maximum atomic E-state index is 13.0. The van der Waals surface area contributed by atoms with Crippen LogP contribution >= 0.6 is 0 Å². The summed E-state index contributed by atoms with van der Waals surface area (Å²) in [6, 6.07) is 6.58. The molecule has 2 amide bonds. The van der Waals surface area contributed by atoms with Gasteiger partial charge in [0.1, 0.15) is 5.82 Å². The highest BCUT2D eigenvalue weighted by Crippen LogP contribution is 2.19. The van der Waals surface area contributed by atoms with Gasteiger partial charge in [0.15, 0.2) is 0 Å². The molecule has 0 radical (unpaired) electrons. The van der Waals surface area contributed by atoms with E-state index in [-0.39, 0.29) is 17.8 Å². The van der Waals surface area contributed by atoms with Gasteiger partial charge in [0.2, 0.25) is 5.91 Å².